The average molecular weight is 451 g/mol. The standard InChI is InChI=1S/C24H25N3O6/c1-16-2-4-18(5-3-16)22(28)20-21(17-6-8-19(9-7-17)27(31)32)26(24(30)23(20)29)11-10-25-12-14-33-15-13-25/h2-9,21,28H,10-15H2,1H3/b22-20+/t21-/m1/s1. The number of morpholine rings is 1. The summed E-state index contributed by atoms with van der Waals surface area (Å²) in [4.78, 5) is 40.2. The predicted octanol–water partition coefficient (Wildman–Crippen LogP) is 2.66. The van der Waals surface area contributed by atoms with Crippen molar-refractivity contribution in [2.45, 2.75) is 13.0 Å². The Kier molecular flexibility index (Phi) is 6.52. The molecule has 2 aliphatic rings. The van der Waals surface area contributed by atoms with Crippen molar-refractivity contribution in [1.82, 2.24) is 9.80 Å². The number of nitrogens with zero attached hydrogens (tertiary/aromatic N) is 3. The fraction of sp³-hybridized carbons (Fsp3) is 0.333. The molecule has 1 atom stereocenters. The molecular formula is C24H25N3O6. The molecule has 1 amide bonds. The number of aliphatic hydroxyl groups is 1. The van der Waals surface area contributed by atoms with Crippen molar-refractivity contribution in [2.24, 2.45) is 0 Å². The number of hydrogen-bond donors (Lipinski definition) is 1. The first-order valence-corrected chi connectivity index (χ1v) is 10.8. The van der Waals surface area contributed by atoms with Crippen LogP contribution in [0.25, 0.3) is 5.76 Å². The number of carbonyl (C=O) groups is 2. The summed E-state index contributed by atoms with van der Waals surface area (Å²) in [5.74, 6) is -1.72. The maximum Gasteiger partial charge on any atom is 0.295 e. The number of Topliss-reactive ketones (excluding diaryl/α,β-unsaturated/α-hetero) is 1. The van der Waals surface area contributed by atoms with Crippen LogP contribution in [0.4, 0.5) is 5.69 Å². The van der Waals surface area contributed by atoms with Gasteiger partial charge in [-0.15, -0.1) is 0 Å². The van der Waals surface area contributed by atoms with E-state index in [9.17, 15) is 24.8 Å². The summed E-state index contributed by atoms with van der Waals surface area (Å²) in [5, 5.41) is 22.1. The summed E-state index contributed by atoms with van der Waals surface area (Å²) in [6, 6.07) is 11.9. The molecular weight excluding hydrogens is 426 g/mol. The second-order valence-corrected chi connectivity index (χ2v) is 8.16. The van der Waals surface area contributed by atoms with Crippen molar-refractivity contribution >= 4 is 23.1 Å². The topological polar surface area (TPSA) is 113 Å². The van der Waals surface area contributed by atoms with E-state index in [0.29, 0.717) is 30.9 Å². The summed E-state index contributed by atoms with van der Waals surface area (Å²) in [7, 11) is 0. The van der Waals surface area contributed by atoms with E-state index in [2.05, 4.69) is 4.90 Å². The van der Waals surface area contributed by atoms with Crippen molar-refractivity contribution in [1.29, 1.82) is 0 Å². The molecule has 172 valence electrons. The SMILES string of the molecule is Cc1ccc(/C(O)=C2\C(=O)C(=O)N(CCN3CCOCC3)[C@@H]2c2ccc([N+](=O)[O-])cc2)cc1. The third-order valence-corrected chi connectivity index (χ3v) is 6.05. The van der Waals surface area contributed by atoms with Crippen LogP contribution >= 0.6 is 0 Å². The molecule has 9 heteroatoms. The molecule has 0 spiro atoms. The highest BCUT2D eigenvalue weighted by Gasteiger charge is 2.46. The largest absolute Gasteiger partial charge is 0.507 e. The molecule has 0 saturated carbocycles. The van der Waals surface area contributed by atoms with Gasteiger partial charge in [-0.05, 0) is 24.6 Å². The number of non-ortho nitro benzene ring substituents is 1. The summed E-state index contributed by atoms with van der Waals surface area (Å²) in [5.41, 5.74) is 1.83. The summed E-state index contributed by atoms with van der Waals surface area (Å²) < 4.78 is 5.36. The van der Waals surface area contributed by atoms with E-state index in [4.69, 9.17) is 4.74 Å². The number of ether oxygens (including phenoxy) is 1. The van der Waals surface area contributed by atoms with Gasteiger partial charge in [-0.3, -0.25) is 24.6 Å². The van der Waals surface area contributed by atoms with Gasteiger partial charge in [0.2, 0.25) is 0 Å². The van der Waals surface area contributed by atoms with E-state index in [1.807, 2.05) is 19.1 Å². The van der Waals surface area contributed by atoms with Gasteiger partial charge in [-0.1, -0.05) is 29.8 Å². The molecule has 0 aliphatic carbocycles. The second kappa shape index (κ2) is 9.51. The highest BCUT2D eigenvalue weighted by atomic mass is 16.6. The quantitative estimate of drug-likeness (QED) is 0.236. The van der Waals surface area contributed by atoms with Crippen LogP contribution in [0.3, 0.4) is 0 Å². The zero-order chi connectivity index (χ0) is 23.5. The highest BCUT2D eigenvalue weighted by molar-refractivity contribution is 6.46. The van der Waals surface area contributed by atoms with Crippen LogP contribution in [0.2, 0.25) is 0 Å². The predicted molar refractivity (Wildman–Crippen MR) is 121 cm³/mol. The third kappa shape index (κ3) is 4.64. The van der Waals surface area contributed by atoms with Gasteiger partial charge < -0.3 is 14.7 Å². The molecule has 9 nitrogen and oxygen atoms in total. The maximum absolute atomic E-state index is 13.1. The van der Waals surface area contributed by atoms with E-state index >= 15 is 0 Å². The van der Waals surface area contributed by atoms with Crippen molar-refractivity contribution in [2.75, 3.05) is 39.4 Å². The average Bonchev–Trinajstić information content (AvgIpc) is 3.08. The van der Waals surface area contributed by atoms with Gasteiger partial charge in [0, 0.05) is 43.9 Å². The molecule has 2 aliphatic heterocycles. The van der Waals surface area contributed by atoms with Crippen LogP contribution < -0.4 is 0 Å². The van der Waals surface area contributed by atoms with Gasteiger partial charge in [-0.25, -0.2) is 0 Å². The Morgan fingerprint density at radius 3 is 2.30 bits per heavy atom. The van der Waals surface area contributed by atoms with Crippen molar-refractivity contribution in [3.8, 4) is 0 Å². The Morgan fingerprint density at radius 2 is 1.70 bits per heavy atom. The molecule has 2 saturated heterocycles. The van der Waals surface area contributed by atoms with E-state index in [0.717, 1.165) is 18.7 Å². The number of aryl methyl sites for hydroxylation is 1. The minimum Gasteiger partial charge on any atom is -0.507 e. The third-order valence-electron chi connectivity index (χ3n) is 6.05. The normalized spacial score (nSPS) is 20.9. The number of ketones is 1. The second-order valence-electron chi connectivity index (χ2n) is 8.16. The van der Waals surface area contributed by atoms with E-state index < -0.39 is 22.7 Å². The number of nitro groups is 1. The number of likely N-dealkylation sites (tertiary alicyclic amines) is 1. The Hall–Kier alpha value is -3.56. The number of amides is 1. The van der Waals surface area contributed by atoms with Crippen LogP contribution in [0, 0.1) is 17.0 Å². The Morgan fingerprint density at radius 1 is 1.06 bits per heavy atom. The van der Waals surface area contributed by atoms with Gasteiger partial charge in [0.25, 0.3) is 17.4 Å². The van der Waals surface area contributed by atoms with Crippen molar-refractivity contribution in [3.63, 3.8) is 0 Å². The van der Waals surface area contributed by atoms with Gasteiger partial charge in [-0.2, -0.15) is 0 Å². The lowest BCUT2D eigenvalue weighted by Gasteiger charge is -2.31. The number of hydrogen-bond acceptors (Lipinski definition) is 7. The number of aliphatic hydroxyl groups excluding tert-OH is 1. The van der Waals surface area contributed by atoms with Crippen LogP contribution in [-0.2, 0) is 14.3 Å². The molecule has 33 heavy (non-hydrogen) atoms. The Labute approximate surface area is 191 Å². The minimum atomic E-state index is -0.840. The number of carbonyl (C=O) groups excluding carboxylic acids is 2. The highest BCUT2D eigenvalue weighted by Crippen LogP contribution is 2.39. The fourth-order valence-corrected chi connectivity index (χ4v) is 4.18. The molecule has 4 rings (SSSR count). The Balaban J connectivity index is 1.74. The van der Waals surface area contributed by atoms with Gasteiger partial charge in [0.15, 0.2) is 0 Å². The first-order valence-electron chi connectivity index (χ1n) is 10.8. The van der Waals surface area contributed by atoms with Crippen LogP contribution in [-0.4, -0.2) is 70.9 Å². The minimum absolute atomic E-state index is 0.0142. The van der Waals surface area contributed by atoms with Gasteiger partial charge in [0.1, 0.15) is 5.76 Å². The number of rotatable bonds is 6. The van der Waals surface area contributed by atoms with E-state index in [1.54, 1.807) is 12.1 Å². The monoisotopic (exact) mass is 451 g/mol. The van der Waals surface area contributed by atoms with Gasteiger partial charge in [0.05, 0.1) is 29.8 Å². The van der Waals surface area contributed by atoms with E-state index in [-0.39, 0.29) is 23.6 Å². The smallest absolute Gasteiger partial charge is 0.295 e. The summed E-state index contributed by atoms with van der Waals surface area (Å²) >= 11 is 0. The first kappa shape index (κ1) is 22.6. The molecule has 2 fully saturated rings. The lowest BCUT2D eigenvalue weighted by molar-refractivity contribution is -0.384. The number of nitro benzene ring substituents is 1. The fourth-order valence-electron chi connectivity index (χ4n) is 4.18. The maximum atomic E-state index is 13.1. The van der Waals surface area contributed by atoms with Crippen LogP contribution in [0.1, 0.15) is 22.7 Å². The lowest BCUT2D eigenvalue weighted by atomic mass is 9.95. The lowest BCUT2D eigenvalue weighted by Crippen LogP contribution is -2.42. The molecule has 0 aromatic heterocycles. The number of benzene rings is 2. The van der Waals surface area contributed by atoms with Crippen LogP contribution in [0.15, 0.2) is 54.1 Å². The molecule has 0 unspecified atom stereocenters. The van der Waals surface area contributed by atoms with Gasteiger partial charge >= 0.3 is 0 Å². The zero-order valence-corrected chi connectivity index (χ0v) is 18.3. The summed E-state index contributed by atoms with van der Waals surface area (Å²) in [6.07, 6.45) is 0. The van der Waals surface area contributed by atoms with Crippen LogP contribution in [0.5, 0.6) is 0 Å². The molecule has 2 heterocycles. The molecule has 2 aromatic carbocycles. The van der Waals surface area contributed by atoms with E-state index in [1.165, 1.54) is 29.2 Å². The molecule has 2 aromatic rings. The first-order chi connectivity index (χ1) is 15.9. The molecule has 1 N–H and O–H groups in total. The van der Waals surface area contributed by atoms with Crippen molar-refractivity contribution in [3.05, 3.63) is 80.9 Å². The molecule has 0 bridgehead atoms. The van der Waals surface area contributed by atoms with Crippen molar-refractivity contribution < 1.29 is 24.4 Å². The molecule has 0 radical (unpaired) electrons. The zero-order valence-electron chi connectivity index (χ0n) is 18.3. The Bertz CT molecular complexity index is 1090. The summed E-state index contributed by atoms with van der Waals surface area (Å²) in [6.45, 7) is 5.41.